The third-order valence-electron chi connectivity index (χ3n) is 5.68. The second-order valence-electron chi connectivity index (χ2n) is 7.66. The van der Waals surface area contributed by atoms with E-state index in [1.165, 1.54) is 0 Å². The zero-order valence-corrected chi connectivity index (χ0v) is 17.9. The fourth-order valence-electron chi connectivity index (χ4n) is 4.16. The van der Waals surface area contributed by atoms with Crippen molar-refractivity contribution < 1.29 is 17.9 Å². The van der Waals surface area contributed by atoms with Gasteiger partial charge in [-0.1, -0.05) is 29.8 Å². The maximum atomic E-state index is 13.1. The van der Waals surface area contributed by atoms with Gasteiger partial charge in [0.15, 0.2) is 9.84 Å². The Morgan fingerprint density at radius 2 is 1.79 bits per heavy atom. The van der Waals surface area contributed by atoms with E-state index in [1.54, 1.807) is 18.1 Å². The van der Waals surface area contributed by atoms with Gasteiger partial charge in [0.1, 0.15) is 5.75 Å². The molecule has 1 amide bonds. The molecule has 4 rings (SSSR count). The molecule has 2 aromatic rings. The number of amides is 1. The van der Waals surface area contributed by atoms with E-state index in [9.17, 15) is 13.2 Å². The Hall–Kier alpha value is -2.09. The number of methoxy groups -OCH3 is 1. The molecule has 0 spiro atoms. The van der Waals surface area contributed by atoms with Crippen molar-refractivity contribution in [3.05, 3.63) is 58.6 Å². The number of carbonyl (C=O) groups excluding carboxylic acids is 1. The first kappa shape index (κ1) is 20.2. The number of anilines is 1. The van der Waals surface area contributed by atoms with Crippen LogP contribution in [0.15, 0.2) is 42.5 Å². The van der Waals surface area contributed by atoms with E-state index in [-0.39, 0.29) is 30.0 Å². The van der Waals surface area contributed by atoms with E-state index in [2.05, 4.69) is 0 Å². The highest BCUT2D eigenvalue weighted by Gasteiger charge is 2.49. The van der Waals surface area contributed by atoms with Crippen LogP contribution in [-0.2, 0) is 21.2 Å². The number of hydrogen-bond donors (Lipinski definition) is 0. The molecule has 0 aromatic heterocycles. The SMILES string of the molecule is COc1ccc(CN2CC(=O)N(c3ccc(C)c(Cl)c3)C3CS(=O)(=O)CC32)cc1. The smallest absolute Gasteiger partial charge is 0.241 e. The summed E-state index contributed by atoms with van der Waals surface area (Å²) in [6, 6.07) is 12.4. The Morgan fingerprint density at radius 3 is 2.45 bits per heavy atom. The number of ether oxygens (including phenoxy) is 1. The first-order chi connectivity index (χ1) is 13.8. The normalized spacial score (nSPS) is 23.8. The second kappa shape index (κ2) is 7.63. The van der Waals surface area contributed by atoms with Gasteiger partial charge in [-0.15, -0.1) is 0 Å². The van der Waals surface area contributed by atoms with Crippen LogP contribution in [0.2, 0.25) is 5.02 Å². The lowest BCUT2D eigenvalue weighted by molar-refractivity contribution is -0.123. The van der Waals surface area contributed by atoms with Crippen molar-refractivity contribution >= 4 is 33.0 Å². The van der Waals surface area contributed by atoms with E-state index < -0.39 is 15.9 Å². The number of sulfone groups is 1. The lowest BCUT2D eigenvalue weighted by Crippen LogP contribution is -2.61. The molecule has 0 saturated carbocycles. The lowest BCUT2D eigenvalue weighted by Gasteiger charge is -2.43. The zero-order valence-electron chi connectivity index (χ0n) is 16.3. The molecule has 0 N–H and O–H groups in total. The van der Waals surface area contributed by atoms with Crippen LogP contribution in [-0.4, -0.2) is 56.5 Å². The average molecular weight is 435 g/mol. The molecule has 29 heavy (non-hydrogen) atoms. The third kappa shape index (κ3) is 3.99. The van der Waals surface area contributed by atoms with Gasteiger partial charge in [0.05, 0.1) is 31.2 Å². The first-order valence-electron chi connectivity index (χ1n) is 9.43. The van der Waals surface area contributed by atoms with Crippen LogP contribution in [0, 0.1) is 6.92 Å². The number of nitrogens with zero attached hydrogens (tertiary/aromatic N) is 2. The van der Waals surface area contributed by atoms with E-state index in [0.717, 1.165) is 16.9 Å². The largest absolute Gasteiger partial charge is 0.497 e. The van der Waals surface area contributed by atoms with Gasteiger partial charge in [-0.25, -0.2) is 8.42 Å². The minimum absolute atomic E-state index is 0.0337. The number of piperazine rings is 1. The zero-order chi connectivity index (χ0) is 20.8. The van der Waals surface area contributed by atoms with Gasteiger partial charge in [-0.2, -0.15) is 0 Å². The molecule has 2 aliphatic rings. The van der Waals surface area contributed by atoms with Crippen LogP contribution in [0.3, 0.4) is 0 Å². The Kier molecular flexibility index (Phi) is 5.31. The fourth-order valence-corrected chi connectivity index (χ4v) is 6.32. The van der Waals surface area contributed by atoms with Gasteiger partial charge in [-0.3, -0.25) is 9.69 Å². The van der Waals surface area contributed by atoms with Crippen LogP contribution in [0.4, 0.5) is 5.69 Å². The van der Waals surface area contributed by atoms with Crippen LogP contribution >= 0.6 is 11.6 Å². The summed E-state index contributed by atoms with van der Waals surface area (Å²) in [5, 5.41) is 0.563. The molecule has 2 saturated heterocycles. The maximum Gasteiger partial charge on any atom is 0.241 e. The predicted octanol–water partition coefficient (Wildman–Crippen LogP) is 2.67. The van der Waals surface area contributed by atoms with Crippen molar-refractivity contribution in [3.8, 4) is 5.75 Å². The van der Waals surface area contributed by atoms with Crippen molar-refractivity contribution in [2.45, 2.75) is 25.6 Å². The Labute approximate surface area is 175 Å². The molecule has 2 aliphatic heterocycles. The van der Waals surface area contributed by atoms with E-state index in [4.69, 9.17) is 16.3 Å². The molecule has 0 radical (unpaired) electrons. The minimum atomic E-state index is -3.24. The molecule has 0 aliphatic carbocycles. The molecule has 2 unspecified atom stereocenters. The summed E-state index contributed by atoms with van der Waals surface area (Å²) < 4.78 is 30.1. The topological polar surface area (TPSA) is 66.9 Å². The van der Waals surface area contributed by atoms with Crippen LogP contribution in [0.25, 0.3) is 0 Å². The number of carbonyl (C=O) groups is 1. The fraction of sp³-hybridized carbons (Fsp3) is 0.381. The average Bonchev–Trinajstić information content (AvgIpc) is 3.00. The number of aryl methyl sites for hydroxylation is 1. The monoisotopic (exact) mass is 434 g/mol. The van der Waals surface area contributed by atoms with Gasteiger partial charge >= 0.3 is 0 Å². The number of rotatable bonds is 4. The van der Waals surface area contributed by atoms with Gasteiger partial charge in [0.2, 0.25) is 5.91 Å². The maximum absolute atomic E-state index is 13.1. The van der Waals surface area contributed by atoms with E-state index >= 15 is 0 Å². The highest BCUT2D eigenvalue weighted by molar-refractivity contribution is 7.91. The van der Waals surface area contributed by atoms with Crippen LogP contribution in [0.1, 0.15) is 11.1 Å². The highest BCUT2D eigenvalue weighted by Crippen LogP contribution is 2.34. The molecule has 2 aromatic carbocycles. The molecule has 8 heteroatoms. The number of benzene rings is 2. The Balaban J connectivity index is 1.64. The van der Waals surface area contributed by atoms with E-state index in [0.29, 0.717) is 17.3 Å². The summed E-state index contributed by atoms with van der Waals surface area (Å²) >= 11 is 6.26. The summed E-state index contributed by atoms with van der Waals surface area (Å²) in [5.74, 6) is 0.662. The molecule has 6 nitrogen and oxygen atoms in total. The number of fused-ring (bicyclic) bond motifs is 1. The summed E-state index contributed by atoms with van der Waals surface area (Å²) in [7, 11) is -1.63. The van der Waals surface area contributed by atoms with Crippen molar-refractivity contribution in [1.29, 1.82) is 0 Å². The van der Waals surface area contributed by atoms with Gasteiger partial charge in [0, 0.05) is 23.3 Å². The molecule has 0 bridgehead atoms. The summed E-state index contributed by atoms with van der Waals surface area (Å²) in [4.78, 5) is 16.7. The third-order valence-corrected chi connectivity index (χ3v) is 7.79. The standard InChI is InChI=1S/C21H23ClN2O4S/c1-14-3-6-16(9-18(14)22)24-20-13-29(26,27)12-19(20)23(11-21(24)25)10-15-4-7-17(28-2)8-5-15/h3-9,19-20H,10-13H2,1-2H3. The minimum Gasteiger partial charge on any atom is -0.497 e. The van der Waals surface area contributed by atoms with Crippen molar-refractivity contribution in [1.82, 2.24) is 4.90 Å². The van der Waals surface area contributed by atoms with Gasteiger partial charge in [-0.05, 0) is 42.3 Å². The molecule has 2 heterocycles. The van der Waals surface area contributed by atoms with Crippen LogP contribution in [0.5, 0.6) is 5.75 Å². The molecule has 154 valence electrons. The Bertz CT molecular complexity index is 1040. The summed E-state index contributed by atoms with van der Waals surface area (Å²) in [6.45, 7) is 2.56. The van der Waals surface area contributed by atoms with Crippen LogP contribution < -0.4 is 9.64 Å². The number of hydrogen-bond acceptors (Lipinski definition) is 5. The van der Waals surface area contributed by atoms with Crippen molar-refractivity contribution in [2.75, 3.05) is 30.1 Å². The highest BCUT2D eigenvalue weighted by atomic mass is 35.5. The van der Waals surface area contributed by atoms with E-state index in [1.807, 2.05) is 48.2 Å². The summed E-state index contributed by atoms with van der Waals surface area (Å²) in [5.41, 5.74) is 2.58. The second-order valence-corrected chi connectivity index (χ2v) is 10.2. The van der Waals surface area contributed by atoms with Crippen molar-refractivity contribution in [3.63, 3.8) is 0 Å². The van der Waals surface area contributed by atoms with Gasteiger partial charge < -0.3 is 9.64 Å². The Morgan fingerprint density at radius 1 is 1.10 bits per heavy atom. The number of halogens is 1. The molecular formula is C21H23ClN2O4S. The first-order valence-corrected chi connectivity index (χ1v) is 11.6. The predicted molar refractivity (Wildman–Crippen MR) is 113 cm³/mol. The molecule has 2 atom stereocenters. The lowest BCUT2D eigenvalue weighted by atomic mass is 10.0. The quantitative estimate of drug-likeness (QED) is 0.740. The summed E-state index contributed by atoms with van der Waals surface area (Å²) in [6.07, 6.45) is 0. The van der Waals surface area contributed by atoms with Gasteiger partial charge in [0.25, 0.3) is 0 Å². The molecular weight excluding hydrogens is 412 g/mol. The van der Waals surface area contributed by atoms with Crippen molar-refractivity contribution in [2.24, 2.45) is 0 Å². The molecule has 2 fully saturated rings.